The summed E-state index contributed by atoms with van der Waals surface area (Å²) in [5.41, 5.74) is 2.05. The van der Waals surface area contributed by atoms with E-state index in [9.17, 15) is 0 Å². The standard InChI is InChI=1S/C9H9BrCl2/c1-5-3-7(11)9(6(2)10)8(12)4-5/h3-4,6H,1-2H3. The van der Waals surface area contributed by atoms with E-state index in [1.165, 1.54) is 0 Å². The van der Waals surface area contributed by atoms with Crippen LogP contribution in [-0.4, -0.2) is 0 Å². The topological polar surface area (TPSA) is 0 Å². The molecule has 0 nitrogen and oxygen atoms in total. The maximum absolute atomic E-state index is 6.02. The van der Waals surface area contributed by atoms with Crippen molar-refractivity contribution in [2.24, 2.45) is 0 Å². The summed E-state index contributed by atoms with van der Waals surface area (Å²) in [6, 6.07) is 3.83. The zero-order valence-corrected chi connectivity index (χ0v) is 9.96. The lowest BCUT2D eigenvalue weighted by Gasteiger charge is -2.09. The lowest BCUT2D eigenvalue weighted by molar-refractivity contribution is 1.12. The number of hydrogen-bond donors (Lipinski definition) is 0. The van der Waals surface area contributed by atoms with Gasteiger partial charge in [-0.15, -0.1) is 0 Å². The van der Waals surface area contributed by atoms with Crippen LogP contribution < -0.4 is 0 Å². The molecule has 0 bridgehead atoms. The minimum Gasteiger partial charge on any atom is -0.0841 e. The Morgan fingerprint density at radius 3 is 2.00 bits per heavy atom. The summed E-state index contributed by atoms with van der Waals surface area (Å²) in [7, 11) is 0. The summed E-state index contributed by atoms with van der Waals surface area (Å²) in [5.74, 6) is 0. The molecule has 1 aromatic rings. The van der Waals surface area contributed by atoms with E-state index in [1.807, 2.05) is 26.0 Å². The summed E-state index contributed by atoms with van der Waals surface area (Å²) in [6.45, 7) is 3.98. The fourth-order valence-corrected chi connectivity index (χ4v) is 2.77. The van der Waals surface area contributed by atoms with Gasteiger partial charge in [-0.1, -0.05) is 39.1 Å². The lowest BCUT2D eigenvalue weighted by atomic mass is 10.1. The third kappa shape index (κ3) is 2.15. The zero-order valence-electron chi connectivity index (χ0n) is 6.87. The summed E-state index contributed by atoms with van der Waals surface area (Å²) in [4.78, 5) is 0.193. The van der Waals surface area contributed by atoms with E-state index in [-0.39, 0.29) is 4.83 Å². The van der Waals surface area contributed by atoms with Crippen molar-refractivity contribution in [3.05, 3.63) is 33.3 Å². The van der Waals surface area contributed by atoms with E-state index in [2.05, 4.69) is 15.9 Å². The van der Waals surface area contributed by atoms with E-state index >= 15 is 0 Å². The van der Waals surface area contributed by atoms with Crippen molar-refractivity contribution >= 4 is 39.1 Å². The highest BCUT2D eigenvalue weighted by atomic mass is 79.9. The first-order valence-electron chi connectivity index (χ1n) is 3.62. The predicted octanol–water partition coefficient (Wildman–Crippen LogP) is 4.76. The second kappa shape index (κ2) is 3.99. The minimum absolute atomic E-state index is 0.193. The van der Waals surface area contributed by atoms with Gasteiger partial charge in [0, 0.05) is 20.4 Å². The van der Waals surface area contributed by atoms with Crippen LogP contribution in [0.25, 0.3) is 0 Å². The molecule has 0 heterocycles. The highest BCUT2D eigenvalue weighted by molar-refractivity contribution is 9.09. The fraction of sp³-hybridized carbons (Fsp3) is 0.333. The Kier molecular flexibility index (Phi) is 3.45. The first-order chi connectivity index (χ1) is 5.52. The molecule has 1 aromatic carbocycles. The molecular formula is C9H9BrCl2. The van der Waals surface area contributed by atoms with E-state index in [0.717, 1.165) is 21.2 Å². The molecule has 0 aliphatic heterocycles. The molecular weight excluding hydrogens is 259 g/mol. The molecule has 66 valence electrons. The molecule has 0 aliphatic rings. The van der Waals surface area contributed by atoms with Crippen LogP contribution in [0.4, 0.5) is 0 Å². The molecule has 1 unspecified atom stereocenters. The van der Waals surface area contributed by atoms with Crippen LogP contribution in [0.1, 0.15) is 22.9 Å². The molecule has 1 rings (SSSR count). The number of benzene rings is 1. The summed E-state index contributed by atoms with van der Waals surface area (Å²) in [6.07, 6.45) is 0. The maximum Gasteiger partial charge on any atom is 0.0466 e. The van der Waals surface area contributed by atoms with Crippen molar-refractivity contribution < 1.29 is 0 Å². The van der Waals surface area contributed by atoms with Crippen molar-refractivity contribution in [1.29, 1.82) is 0 Å². The largest absolute Gasteiger partial charge is 0.0841 e. The summed E-state index contributed by atoms with van der Waals surface area (Å²) < 4.78 is 0. The molecule has 0 N–H and O–H groups in total. The number of halogens is 3. The van der Waals surface area contributed by atoms with Crippen LogP contribution in [0.15, 0.2) is 12.1 Å². The minimum atomic E-state index is 0.193. The maximum atomic E-state index is 6.02. The van der Waals surface area contributed by atoms with Gasteiger partial charge in [0.15, 0.2) is 0 Å². The van der Waals surface area contributed by atoms with Crippen molar-refractivity contribution in [1.82, 2.24) is 0 Å². The molecule has 1 atom stereocenters. The molecule has 0 fully saturated rings. The van der Waals surface area contributed by atoms with Crippen molar-refractivity contribution in [3.63, 3.8) is 0 Å². The molecule has 3 heteroatoms. The van der Waals surface area contributed by atoms with Crippen LogP contribution in [0, 0.1) is 6.92 Å². The smallest absolute Gasteiger partial charge is 0.0466 e. The van der Waals surface area contributed by atoms with Crippen molar-refractivity contribution in [2.75, 3.05) is 0 Å². The fourth-order valence-electron chi connectivity index (χ4n) is 1.09. The van der Waals surface area contributed by atoms with Crippen LogP contribution in [0.3, 0.4) is 0 Å². The van der Waals surface area contributed by atoms with Crippen molar-refractivity contribution in [3.8, 4) is 0 Å². The Balaban J connectivity index is 3.28. The number of aryl methyl sites for hydroxylation is 1. The lowest BCUT2D eigenvalue weighted by Crippen LogP contribution is -1.88. The summed E-state index contributed by atoms with van der Waals surface area (Å²) >= 11 is 15.5. The van der Waals surface area contributed by atoms with Crippen LogP contribution in [0.2, 0.25) is 10.0 Å². The quantitative estimate of drug-likeness (QED) is 0.644. The van der Waals surface area contributed by atoms with Gasteiger partial charge in [-0.2, -0.15) is 0 Å². The first kappa shape index (κ1) is 10.4. The van der Waals surface area contributed by atoms with Gasteiger partial charge in [0.25, 0.3) is 0 Å². The molecule has 0 amide bonds. The third-order valence-electron chi connectivity index (χ3n) is 1.62. The van der Waals surface area contributed by atoms with Gasteiger partial charge >= 0.3 is 0 Å². The van der Waals surface area contributed by atoms with Gasteiger partial charge in [0.1, 0.15) is 0 Å². The van der Waals surface area contributed by atoms with E-state index in [0.29, 0.717) is 0 Å². The summed E-state index contributed by atoms with van der Waals surface area (Å²) in [5, 5.41) is 1.45. The number of rotatable bonds is 1. The molecule has 12 heavy (non-hydrogen) atoms. The van der Waals surface area contributed by atoms with Gasteiger partial charge in [0.2, 0.25) is 0 Å². The second-order valence-electron chi connectivity index (χ2n) is 2.76. The third-order valence-corrected chi connectivity index (χ3v) is 2.70. The average Bonchev–Trinajstić information content (AvgIpc) is 1.82. The van der Waals surface area contributed by atoms with Gasteiger partial charge in [-0.05, 0) is 31.5 Å². The Morgan fingerprint density at radius 2 is 1.67 bits per heavy atom. The molecule has 0 saturated heterocycles. The normalized spacial score (nSPS) is 13.1. The van der Waals surface area contributed by atoms with Crippen LogP contribution in [-0.2, 0) is 0 Å². The van der Waals surface area contributed by atoms with Gasteiger partial charge in [-0.25, -0.2) is 0 Å². The Bertz CT molecular complexity index is 272. The monoisotopic (exact) mass is 266 g/mol. The average molecular weight is 268 g/mol. The highest BCUT2D eigenvalue weighted by Gasteiger charge is 2.11. The van der Waals surface area contributed by atoms with E-state index in [4.69, 9.17) is 23.2 Å². The Labute approximate surface area is 91.0 Å². The Morgan fingerprint density at radius 1 is 1.25 bits per heavy atom. The molecule has 0 aliphatic carbocycles. The number of alkyl halides is 1. The predicted molar refractivity (Wildman–Crippen MR) is 58.5 cm³/mol. The van der Waals surface area contributed by atoms with Gasteiger partial charge in [-0.3, -0.25) is 0 Å². The van der Waals surface area contributed by atoms with Gasteiger partial charge < -0.3 is 0 Å². The first-order valence-corrected chi connectivity index (χ1v) is 5.29. The SMILES string of the molecule is Cc1cc(Cl)c(C(C)Br)c(Cl)c1. The van der Waals surface area contributed by atoms with Crippen LogP contribution in [0.5, 0.6) is 0 Å². The molecule has 0 radical (unpaired) electrons. The van der Waals surface area contributed by atoms with Crippen LogP contribution >= 0.6 is 39.1 Å². The molecule has 0 spiro atoms. The van der Waals surface area contributed by atoms with Crippen molar-refractivity contribution in [2.45, 2.75) is 18.7 Å². The van der Waals surface area contributed by atoms with Gasteiger partial charge in [0.05, 0.1) is 0 Å². The second-order valence-corrected chi connectivity index (χ2v) is 4.95. The highest BCUT2D eigenvalue weighted by Crippen LogP contribution is 2.35. The van der Waals surface area contributed by atoms with E-state index in [1.54, 1.807) is 0 Å². The van der Waals surface area contributed by atoms with E-state index < -0.39 is 0 Å². The Hall–Kier alpha value is 0.280. The zero-order chi connectivity index (χ0) is 9.30. The molecule has 0 saturated carbocycles. The molecule has 0 aromatic heterocycles. The number of hydrogen-bond acceptors (Lipinski definition) is 0.